The molecule has 0 unspecified atom stereocenters. The molecule has 178 valence electrons. The molecule has 1 saturated heterocycles. The molecule has 1 N–H and O–H groups in total. The Bertz CT molecular complexity index is 1060. The maximum absolute atomic E-state index is 12.2. The molecule has 1 fully saturated rings. The highest BCUT2D eigenvalue weighted by molar-refractivity contribution is 7.09. The van der Waals surface area contributed by atoms with E-state index in [0.29, 0.717) is 13.2 Å². The number of piperazine rings is 1. The first-order valence-corrected chi connectivity index (χ1v) is 12.6. The zero-order valence-corrected chi connectivity index (χ0v) is 20.5. The van der Waals surface area contributed by atoms with Gasteiger partial charge in [0.15, 0.2) is 0 Å². The van der Waals surface area contributed by atoms with Gasteiger partial charge in [-0.25, -0.2) is 4.98 Å². The highest BCUT2D eigenvalue weighted by atomic mass is 32.1. The normalized spacial score (nSPS) is 15.0. The van der Waals surface area contributed by atoms with Crippen molar-refractivity contribution in [1.29, 1.82) is 0 Å². The number of aromatic nitrogens is 1. The predicted octanol–water partition coefficient (Wildman–Crippen LogP) is 3.98. The summed E-state index contributed by atoms with van der Waals surface area (Å²) in [4.78, 5) is 21.5. The van der Waals surface area contributed by atoms with Crippen molar-refractivity contribution in [2.45, 2.75) is 20.1 Å². The van der Waals surface area contributed by atoms with Gasteiger partial charge in [0.2, 0.25) is 5.91 Å². The highest BCUT2D eigenvalue weighted by Gasteiger charge is 2.16. The van der Waals surface area contributed by atoms with Crippen LogP contribution in [0.1, 0.15) is 21.8 Å². The fraction of sp³-hybridized carbons (Fsp3) is 0.333. The number of nitrogens with zero attached hydrogens (tertiary/aromatic N) is 3. The van der Waals surface area contributed by atoms with Gasteiger partial charge >= 0.3 is 0 Å². The average Bonchev–Trinajstić information content (AvgIpc) is 3.29. The van der Waals surface area contributed by atoms with E-state index >= 15 is 0 Å². The molecule has 34 heavy (non-hydrogen) atoms. The fourth-order valence-corrected chi connectivity index (χ4v) is 4.48. The summed E-state index contributed by atoms with van der Waals surface area (Å²) in [6.45, 7) is 9.19. The number of aryl methyl sites for hydroxylation is 1. The monoisotopic (exact) mass is 476 g/mol. The fourth-order valence-electron chi connectivity index (χ4n) is 3.89. The first-order valence-electron chi connectivity index (χ1n) is 11.7. The van der Waals surface area contributed by atoms with Crippen LogP contribution >= 0.6 is 11.3 Å². The quantitative estimate of drug-likeness (QED) is 0.449. The van der Waals surface area contributed by atoms with E-state index in [1.165, 1.54) is 5.56 Å². The molecule has 0 atom stereocenters. The predicted molar refractivity (Wildman–Crippen MR) is 138 cm³/mol. The van der Waals surface area contributed by atoms with Gasteiger partial charge in [-0.3, -0.25) is 14.6 Å². The number of rotatable bonds is 10. The number of ether oxygens (including phenoxy) is 1. The first-order chi connectivity index (χ1) is 16.6. The number of hydrogen-bond acceptors (Lipinski definition) is 6. The Balaban J connectivity index is 1.11. The second-order valence-corrected chi connectivity index (χ2v) is 9.51. The Hall–Kier alpha value is -3.00. The number of carbonyl (C=O) groups is 1. The maximum atomic E-state index is 12.2. The number of carbonyl (C=O) groups excluding carboxylic acids is 1. The van der Waals surface area contributed by atoms with E-state index in [2.05, 4.69) is 50.4 Å². The van der Waals surface area contributed by atoms with Gasteiger partial charge in [0, 0.05) is 57.3 Å². The number of benzene rings is 2. The minimum atomic E-state index is -0.0676. The molecule has 1 aliphatic heterocycles. The third-order valence-corrected chi connectivity index (χ3v) is 6.62. The summed E-state index contributed by atoms with van der Waals surface area (Å²) in [5.74, 6) is 0.720. The smallest absolute Gasteiger partial charge is 0.244 e. The van der Waals surface area contributed by atoms with Gasteiger partial charge in [0.25, 0.3) is 0 Å². The van der Waals surface area contributed by atoms with Gasteiger partial charge in [-0.2, -0.15) is 0 Å². The largest absolute Gasteiger partial charge is 0.487 e. The molecule has 7 heteroatoms. The Kier molecular flexibility index (Phi) is 8.84. The lowest BCUT2D eigenvalue weighted by atomic mass is 10.2. The Labute approximate surface area is 205 Å². The molecule has 2 heterocycles. The van der Waals surface area contributed by atoms with E-state index in [0.717, 1.165) is 61.3 Å². The van der Waals surface area contributed by atoms with E-state index in [-0.39, 0.29) is 5.91 Å². The number of hydrogen-bond donors (Lipinski definition) is 1. The Morgan fingerprint density at radius 3 is 2.50 bits per heavy atom. The molecule has 6 nitrogen and oxygen atoms in total. The third-order valence-electron chi connectivity index (χ3n) is 5.80. The topological polar surface area (TPSA) is 57.7 Å². The summed E-state index contributed by atoms with van der Waals surface area (Å²) in [6.07, 6.45) is 3.41. The van der Waals surface area contributed by atoms with Crippen LogP contribution in [-0.2, 0) is 17.9 Å². The van der Waals surface area contributed by atoms with Crippen molar-refractivity contribution in [3.63, 3.8) is 0 Å². The number of thiazole rings is 1. The second kappa shape index (κ2) is 12.5. The summed E-state index contributed by atoms with van der Waals surface area (Å²) in [5, 5.41) is 6.04. The molecule has 1 aromatic heterocycles. The molecule has 1 amide bonds. The van der Waals surface area contributed by atoms with E-state index in [9.17, 15) is 4.79 Å². The average molecular weight is 477 g/mol. The van der Waals surface area contributed by atoms with Crippen LogP contribution in [0.2, 0.25) is 0 Å². The second-order valence-electron chi connectivity index (χ2n) is 8.44. The summed E-state index contributed by atoms with van der Waals surface area (Å²) in [6, 6.07) is 18.3. The minimum Gasteiger partial charge on any atom is -0.487 e. The van der Waals surface area contributed by atoms with E-state index < -0.39 is 0 Å². The summed E-state index contributed by atoms with van der Waals surface area (Å²) >= 11 is 1.62. The maximum Gasteiger partial charge on any atom is 0.244 e. The SMILES string of the molecule is Cc1nc(COc2ccc(/C=C/C(=O)NCCN3CCN(Cc4ccccc4)CC3)cc2)cs1. The first kappa shape index (κ1) is 24.1. The van der Waals surface area contributed by atoms with Crippen molar-refractivity contribution in [1.82, 2.24) is 20.1 Å². The van der Waals surface area contributed by atoms with Crippen molar-refractivity contribution >= 4 is 23.3 Å². The summed E-state index contributed by atoms with van der Waals surface area (Å²) in [5.41, 5.74) is 3.27. The molecular weight excluding hydrogens is 444 g/mol. The van der Waals surface area contributed by atoms with Crippen LogP contribution in [0.4, 0.5) is 0 Å². The van der Waals surface area contributed by atoms with Crippen LogP contribution in [0.25, 0.3) is 6.08 Å². The van der Waals surface area contributed by atoms with Crippen molar-refractivity contribution in [3.8, 4) is 5.75 Å². The lowest BCUT2D eigenvalue weighted by Crippen LogP contribution is -2.47. The molecular formula is C27H32N4O2S. The van der Waals surface area contributed by atoms with Gasteiger partial charge in [-0.05, 0) is 36.3 Å². The van der Waals surface area contributed by atoms with Gasteiger partial charge < -0.3 is 10.1 Å². The molecule has 0 aliphatic carbocycles. The Morgan fingerprint density at radius 2 is 1.79 bits per heavy atom. The zero-order valence-electron chi connectivity index (χ0n) is 19.7. The van der Waals surface area contributed by atoms with E-state index in [1.54, 1.807) is 17.4 Å². The van der Waals surface area contributed by atoms with Gasteiger partial charge in [0.1, 0.15) is 12.4 Å². The lowest BCUT2D eigenvalue weighted by molar-refractivity contribution is -0.116. The molecule has 1 aliphatic rings. The van der Waals surface area contributed by atoms with Crippen molar-refractivity contribution in [3.05, 3.63) is 87.9 Å². The van der Waals surface area contributed by atoms with Gasteiger partial charge in [-0.15, -0.1) is 11.3 Å². The summed E-state index contributed by atoms with van der Waals surface area (Å²) in [7, 11) is 0. The molecule has 0 spiro atoms. The van der Waals surface area contributed by atoms with Crippen LogP contribution in [-0.4, -0.2) is 60.0 Å². The molecule has 0 saturated carbocycles. The zero-order chi connectivity index (χ0) is 23.6. The van der Waals surface area contributed by atoms with Crippen molar-refractivity contribution in [2.75, 3.05) is 39.3 Å². The third kappa shape index (κ3) is 7.80. The standard InChI is InChI=1S/C27H32N4O2S/c1-22-29-25(21-34-22)20-33-26-10-7-23(8-11-26)9-12-27(32)28-13-14-30-15-17-31(18-16-30)19-24-5-3-2-4-6-24/h2-12,21H,13-20H2,1H3,(H,28,32)/b12-9+. The molecule has 0 bridgehead atoms. The van der Waals surface area contributed by atoms with E-state index in [1.807, 2.05) is 42.6 Å². The van der Waals surface area contributed by atoms with Crippen LogP contribution in [0.5, 0.6) is 5.75 Å². The number of nitrogens with one attached hydrogen (secondary N) is 1. The van der Waals surface area contributed by atoms with Crippen LogP contribution in [0.15, 0.2) is 66.1 Å². The van der Waals surface area contributed by atoms with E-state index in [4.69, 9.17) is 4.74 Å². The van der Waals surface area contributed by atoms with Crippen LogP contribution in [0.3, 0.4) is 0 Å². The lowest BCUT2D eigenvalue weighted by Gasteiger charge is -2.34. The minimum absolute atomic E-state index is 0.0676. The van der Waals surface area contributed by atoms with Crippen molar-refractivity contribution < 1.29 is 9.53 Å². The van der Waals surface area contributed by atoms with Gasteiger partial charge in [0.05, 0.1) is 10.7 Å². The molecule has 0 radical (unpaired) electrons. The number of amides is 1. The molecule has 4 rings (SSSR count). The highest BCUT2D eigenvalue weighted by Crippen LogP contribution is 2.16. The Morgan fingerprint density at radius 1 is 1.06 bits per heavy atom. The van der Waals surface area contributed by atoms with Gasteiger partial charge in [-0.1, -0.05) is 42.5 Å². The molecule has 3 aromatic rings. The van der Waals surface area contributed by atoms with Crippen LogP contribution in [0, 0.1) is 6.92 Å². The van der Waals surface area contributed by atoms with Crippen LogP contribution < -0.4 is 10.1 Å². The summed E-state index contributed by atoms with van der Waals surface area (Å²) < 4.78 is 5.77. The van der Waals surface area contributed by atoms with Crippen molar-refractivity contribution in [2.24, 2.45) is 0 Å². The molecule has 2 aromatic carbocycles.